The van der Waals surface area contributed by atoms with E-state index in [-0.39, 0.29) is 0 Å². The highest BCUT2D eigenvalue weighted by molar-refractivity contribution is 7.95. The molecular weight excluding hydrogens is 240 g/mol. The molecule has 2 heteroatoms. The number of phenols is 1. The molecule has 2 aromatic carbocycles. The minimum Gasteiger partial charge on any atom is -0.508 e. The first kappa shape index (κ1) is 13.0. The summed E-state index contributed by atoms with van der Waals surface area (Å²) in [6.45, 7) is 4.00. The molecule has 0 aromatic heterocycles. The molecular formula is C16H19OS+. The lowest BCUT2D eigenvalue weighted by Crippen LogP contribution is -2.00. The highest BCUT2D eigenvalue weighted by atomic mass is 32.2. The monoisotopic (exact) mass is 259 g/mol. The van der Waals surface area contributed by atoms with Gasteiger partial charge >= 0.3 is 0 Å². The Bertz CT molecular complexity index is 480. The van der Waals surface area contributed by atoms with Gasteiger partial charge in [0.15, 0.2) is 4.90 Å². The van der Waals surface area contributed by atoms with Crippen LogP contribution in [-0.2, 0) is 22.4 Å². The van der Waals surface area contributed by atoms with Crippen molar-refractivity contribution in [2.45, 2.75) is 30.2 Å². The minimum absolute atomic E-state index is 0.293. The van der Waals surface area contributed by atoms with E-state index in [4.69, 9.17) is 0 Å². The predicted molar refractivity (Wildman–Crippen MR) is 78.9 cm³/mol. The molecule has 0 spiro atoms. The molecule has 3 rings (SSSR count). The Morgan fingerprint density at radius 1 is 0.833 bits per heavy atom. The molecule has 94 valence electrons. The Morgan fingerprint density at radius 3 is 1.83 bits per heavy atom. The Hall–Kier alpha value is -1.41. The highest BCUT2D eigenvalue weighted by Crippen LogP contribution is 2.32. The maximum Gasteiger partial charge on any atom is 0.155 e. The van der Waals surface area contributed by atoms with Crippen molar-refractivity contribution in [3.05, 3.63) is 59.7 Å². The summed E-state index contributed by atoms with van der Waals surface area (Å²) in [5.41, 5.74) is 2.97. The molecule has 0 unspecified atom stereocenters. The SMILES string of the molecule is CC.Oc1ccc([S+]2Cc3ccccc3C2)cc1. The van der Waals surface area contributed by atoms with Crippen molar-refractivity contribution in [3.8, 4) is 5.75 Å². The van der Waals surface area contributed by atoms with E-state index in [0.717, 1.165) is 11.5 Å². The summed E-state index contributed by atoms with van der Waals surface area (Å²) >= 11 is 0. The third kappa shape index (κ3) is 2.70. The molecule has 1 N–H and O–H groups in total. The van der Waals surface area contributed by atoms with Crippen LogP contribution in [-0.4, -0.2) is 5.11 Å². The van der Waals surface area contributed by atoms with Crippen LogP contribution in [0.25, 0.3) is 0 Å². The van der Waals surface area contributed by atoms with Gasteiger partial charge in [0.25, 0.3) is 0 Å². The summed E-state index contributed by atoms with van der Waals surface area (Å²) in [5.74, 6) is 2.66. The van der Waals surface area contributed by atoms with Gasteiger partial charge in [-0.1, -0.05) is 38.1 Å². The van der Waals surface area contributed by atoms with Crippen LogP contribution in [0, 0.1) is 0 Å². The second-order valence-corrected chi connectivity index (χ2v) is 6.08. The first-order chi connectivity index (χ1) is 8.83. The standard InChI is InChI=1S/C14H12OS.C2H6/c15-13-5-7-14(8-6-13)16-9-11-3-1-2-4-12(11)10-16;1-2/h1-8H,9-10H2;1-2H3/p+1. The van der Waals surface area contributed by atoms with Gasteiger partial charge in [0, 0.05) is 22.0 Å². The molecule has 18 heavy (non-hydrogen) atoms. The number of rotatable bonds is 1. The molecule has 1 nitrogen and oxygen atoms in total. The predicted octanol–water partition coefficient (Wildman–Crippen LogP) is 4.11. The van der Waals surface area contributed by atoms with Crippen LogP contribution >= 0.6 is 0 Å². The van der Waals surface area contributed by atoms with Crippen LogP contribution in [0.4, 0.5) is 0 Å². The second kappa shape index (κ2) is 5.96. The molecule has 0 amide bonds. The molecule has 0 aliphatic carbocycles. The summed E-state index contributed by atoms with van der Waals surface area (Å²) in [7, 11) is 0.293. The molecule has 0 saturated carbocycles. The van der Waals surface area contributed by atoms with Gasteiger partial charge in [-0.05, 0) is 24.3 Å². The lowest BCUT2D eigenvalue weighted by molar-refractivity contribution is 0.475. The van der Waals surface area contributed by atoms with Gasteiger partial charge in [-0.2, -0.15) is 0 Å². The number of aromatic hydroxyl groups is 1. The topological polar surface area (TPSA) is 20.2 Å². The summed E-state index contributed by atoms with van der Waals surface area (Å²) in [6.07, 6.45) is 0. The number of benzene rings is 2. The third-order valence-electron chi connectivity index (χ3n) is 2.95. The molecule has 0 saturated heterocycles. The van der Waals surface area contributed by atoms with Crippen LogP contribution < -0.4 is 0 Å². The van der Waals surface area contributed by atoms with E-state index in [1.807, 2.05) is 26.0 Å². The van der Waals surface area contributed by atoms with Crippen LogP contribution in [0.15, 0.2) is 53.4 Å². The van der Waals surface area contributed by atoms with Crippen LogP contribution in [0.3, 0.4) is 0 Å². The first-order valence-electron chi connectivity index (χ1n) is 6.36. The van der Waals surface area contributed by atoms with Crippen molar-refractivity contribution in [1.82, 2.24) is 0 Å². The number of hydrogen-bond donors (Lipinski definition) is 1. The summed E-state index contributed by atoms with van der Waals surface area (Å²) in [4.78, 5) is 1.36. The minimum atomic E-state index is 0.293. The molecule has 0 fully saturated rings. The maximum atomic E-state index is 9.28. The zero-order chi connectivity index (χ0) is 13.0. The van der Waals surface area contributed by atoms with Crippen molar-refractivity contribution in [3.63, 3.8) is 0 Å². The van der Waals surface area contributed by atoms with Crippen molar-refractivity contribution >= 4 is 10.9 Å². The first-order valence-corrected chi connectivity index (χ1v) is 7.92. The van der Waals surface area contributed by atoms with E-state index in [0.29, 0.717) is 16.6 Å². The number of fused-ring (bicyclic) bond motifs is 1. The van der Waals surface area contributed by atoms with Gasteiger partial charge in [0.05, 0.1) is 0 Å². The van der Waals surface area contributed by atoms with Crippen molar-refractivity contribution in [2.24, 2.45) is 0 Å². The highest BCUT2D eigenvalue weighted by Gasteiger charge is 2.31. The summed E-state index contributed by atoms with van der Waals surface area (Å²) < 4.78 is 0. The largest absolute Gasteiger partial charge is 0.508 e. The molecule has 0 bridgehead atoms. The lowest BCUT2D eigenvalue weighted by Gasteiger charge is -1.99. The molecule has 1 aliphatic rings. The maximum absolute atomic E-state index is 9.28. The molecule has 1 heterocycles. The smallest absolute Gasteiger partial charge is 0.155 e. The molecule has 1 aliphatic heterocycles. The van der Waals surface area contributed by atoms with Gasteiger partial charge in [-0.25, -0.2) is 0 Å². The fourth-order valence-electron chi connectivity index (χ4n) is 2.07. The fraction of sp³-hybridized carbons (Fsp3) is 0.250. The van der Waals surface area contributed by atoms with Gasteiger partial charge in [-0.3, -0.25) is 0 Å². The average Bonchev–Trinajstić information content (AvgIpc) is 2.85. The Labute approximate surface area is 112 Å². The van der Waals surface area contributed by atoms with Gasteiger partial charge in [-0.15, -0.1) is 0 Å². The van der Waals surface area contributed by atoms with E-state index in [1.165, 1.54) is 16.0 Å². The number of phenolic OH excluding ortho intramolecular Hbond substituents is 1. The summed E-state index contributed by atoms with van der Waals surface area (Å²) in [6, 6.07) is 16.3. The van der Waals surface area contributed by atoms with E-state index < -0.39 is 0 Å². The van der Waals surface area contributed by atoms with E-state index in [1.54, 1.807) is 12.1 Å². The van der Waals surface area contributed by atoms with Crippen LogP contribution in [0.2, 0.25) is 0 Å². The normalized spacial score (nSPS) is 13.7. The Balaban J connectivity index is 0.000000574. The van der Waals surface area contributed by atoms with Crippen molar-refractivity contribution in [1.29, 1.82) is 0 Å². The van der Waals surface area contributed by atoms with E-state index >= 15 is 0 Å². The van der Waals surface area contributed by atoms with Gasteiger partial charge in [0.2, 0.25) is 0 Å². The summed E-state index contributed by atoms with van der Waals surface area (Å²) in [5, 5.41) is 9.28. The van der Waals surface area contributed by atoms with Crippen molar-refractivity contribution < 1.29 is 5.11 Å². The Kier molecular flexibility index (Phi) is 4.32. The Morgan fingerprint density at radius 2 is 1.33 bits per heavy atom. The van der Waals surface area contributed by atoms with Gasteiger partial charge in [0.1, 0.15) is 17.3 Å². The molecule has 0 radical (unpaired) electrons. The second-order valence-electron chi connectivity index (χ2n) is 4.04. The third-order valence-corrected chi connectivity index (χ3v) is 5.21. The quantitative estimate of drug-likeness (QED) is 0.764. The zero-order valence-corrected chi connectivity index (χ0v) is 11.7. The van der Waals surface area contributed by atoms with Crippen LogP contribution in [0.5, 0.6) is 5.75 Å². The van der Waals surface area contributed by atoms with E-state index in [9.17, 15) is 5.11 Å². The zero-order valence-electron chi connectivity index (χ0n) is 10.9. The van der Waals surface area contributed by atoms with E-state index in [2.05, 4.69) is 24.3 Å². The fourth-order valence-corrected chi connectivity index (χ4v) is 4.34. The van der Waals surface area contributed by atoms with Gasteiger partial charge < -0.3 is 5.11 Å². The number of hydrogen-bond acceptors (Lipinski definition) is 1. The van der Waals surface area contributed by atoms with Crippen LogP contribution in [0.1, 0.15) is 25.0 Å². The average molecular weight is 259 g/mol. The molecule has 0 atom stereocenters. The lowest BCUT2D eigenvalue weighted by atomic mass is 10.1. The molecule has 2 aromatic rings. The van der Waals surface area contributed by atoms with Crippen molar-refractivity contribution in [2.75, 3.05) is 0 Å².